The van der Waals surface area contributed by atoms with Gasteiger partial charge >= 0.3 is 6.61 Å². The van der Waals surface area contributed by atoms with Crippen molar-refractivity contribution >= 4 is 0 Å². The van der Waals surface area contributed by atoms with Gasteiger partial charge in [0.25, 0.3) is 0 Å². The Morgan fingerprint density at radius 2 is 1.50 bits per heavy atom. The zero-order valence-electron chi connectivity index (χ0n) is 12.8. The lowest BCUT2D eigenvalue weighted by Crippen LogP contribution is -2.01. The number of rotatable bonds is 3. The van der Waals surface area contributed by atoms with Crippen LogP contribution in [0.5, 0.6) is 5.75 Å². The summed E-state index contributed by atoms with van der Waals surface area (Å²) in [6.07, 6.45) is 0.820. The Labute approximate surface area is 111 Å². The van der Waals surface area contributed by atoms with Gasteiger partial charge in [-0.25, -0.2) is 0 Å². The summed E-state index contributed by atoms with van der Waals surface area (Å²) in [4.78, 5) is 0. The molecule has 0 spiro atoms. The normalized spacial score (nSPS) is 7.89. The van der Waals surface area contributed by atoms with Crippen molar-refractivity contribution in [3.05, 3.63) is 29.8 Å². The van der Waals surface area contributed by atoms with Crippen molar-refractivity contribution in [2.45, 2.75) is 61.5 Å². The SMILES string of the molecule is CC.CC.CC.CCc1cccc(OC(F)F)c1. The van der Waals surface area contributed by atoms with Gasteiger partial charge in [-0.3, -0.25) is 0 Å². The Hall–Kier alpha value is -1.12. The van der Waals surface area contributed by atoms with E-state index in [-0.39, 0.29) is 5.75 Å². The van der Waals surface area contributed by atoms with E-state index in [9.17, 15) is 8.78 Å². The first-order valence-electron chi connectivity index (χ1n) is 6.76. The number of hydrogen-bond acceptors (Lipinski definition) is 1. The summed E-state index contributed by atoms with van der Waals surface area (Å²) in [5, 5.41) is 0. The second kappa shape index (κ2) is 18.3. The molecule has 0 aliphatic rings. The fraction of sp³-hybridized carbons (Fsp3) is 0.600. The average molecular weight is 262 g/mol. The Balaban J connectivity index is -0.000000328. The molecule has 18 heavy (non-hydrogen) atoms. The van der Waals surface area contributed by atoms with Crippen LogP contribution in [0.1, 0.15) is 54.0 Å². The fourth-order valence-electron chi connectivity index (χ4n) is 0.942. The number of hydrogen-bond donors (Lipinski definition) is 0. The molecule has 1 rings (SSSR count). The number of aryl methyl sites for hydroxylation is 1. The molecule has 0 bridgehead atoms. The molecule has 0 atom stereocenters. The number of alkyl halides is 2. The maximum absolute atomic E-state index is 11.7. The van der Waals surface area contributed by atoms with Gasteiger partial charge in [-0.15, -0.1) is 0 Å². The molecule has 0 heterocycles. The van der Waals surface area contributed by atoms with Crippen LogP contribution in [0.2, 0.25) is 0 Å². The van der Waals surface area contributed by atoms with E-state index in [2.05, 4.69) is 4.74 Å². The lowest BCUT2D eigenvalue weighted by molar-refractivity contribution is -0.0498. The lowest BCUT2D eigenvalue weighted by atomic mass is 10.2. The highest BCUT2D eigenvalue weighted by atomic mass is 19.3. The average Bonchev–Trinajstić information content (AvgIpc) is 2.45. The van der Waals surface area contributed by atoms with Crippen molar-refractivity contribution in [2.24, 2.45) is 0 Å². The Morgan fingerprint density at radius 3 is 1.89 bits per heavy atom. The molecule has 1 aromatic rings. The van der Waals surface area contributed by atoms with Gasteiger partial charge in [0.15, 0.2) is 0 Å². The highest BCUT2D eigenvalue weighted by Gasteiger charge is 2.03. The van der Waals surface area contributed by atoms with E-state index < -0.39 is 6.61 Å². The van der Waals surface area contributed by atoms with Crippen LogP contribution in [-0.2, 0) is 6.42 Å². The number of halogens is 2. The van der Waals surface area contributed by atoms with Gasteiger partial charge < -0.3 is 4.74 Å². The molecule has 1 nitrogen and oxygen atoms in total. The van der Waals surface area contributed by atoms with Crippen molar-refractivity contribution in [3.8, 4) is 5.75 Å². The first-order valence-corrected chi connectivity index (χ1v) is 6.76. The highest BCUT2D eigenvalue weighted by molar-refractivity contribution is 5.28. The smallest absolute Gasteiger partial charge is 0.387 e. The Kier molecular flexibility index (Phi) is 22.4. The summed E-state index contributed by atoms with van der Waals surface area (Å²) in [5.74, 6) is 0.226. The quantitative estimate of drug-likeness (QED) is 0.656. The third-order valence-corrected chi connectivity index (χ3v) is 1.53. The second-order valence-electron chi connectivity index (χ2n) is 2.38. The lowest BCUT2D eigenvalue weighted by Gasteiger charge is -2.04. The van der Waals surface area contributed by atoms with Gasteiger partial charge in [0, 0.05) is 0 Å². The standard InChI is InChI=1S/C9H10F2O.3C2H6/c1-2-7-4-3-5-8(6-7)12-9(10)11;3*1-2/h3-6,9H,2H2,1H3;3*1-2H3. The molecule has 0 saturated heterocycles. The zero-order chi connectivity index (χ0) is 15.0. The van der Waals surface area contributed by atoms with Crippen molar-refractivity contribution in [1.29, 1.82) is 0 Å². The third-order valence-electron chi connectivity index (χ3n) is 1.53. The van der Waals surface area contributed by atoms with Crippen molar-refractivity contribution in [3.63, 3.8) is 0 Å². The van der Waals surface area contributed by atoms with E-state index in [1.165, 1.54) is 6.07 Å². The van der Waals surface area contributed by atoms with Crippen LogP contribution in [0.3, 0.4) is 0 Å². The number of benzene rings is 1. The molecule has 0 amide bonds. The predicted octanol–water partition coefficient (Wildman–Crippen LogP) is 5.93. The minimum absolute atomic E-state index is 0.226. The van der Waals surface area contributed by atoms with Gasteiger partial charge in [0.1, 0.15) is 5.75 Å². The van der Waals surface area contributed by atoms with Gasteiger partial charge in [-0.2, -0.15) is 8.78 Å². The van der Waals surface area contributed by atoms with Crippen molar-refractivity contribution < 1.29 is 13.5 Å². The summed E-state index contributed by atoms with van der Waals surface area (Å²) in [7, 11) is 0. The number of ether oxygens (including phenoxy) is 1. The minimum atomic E-state index is -2.74. The summed E-state index contributed by atoms with van der Waals surface area (Å²) in [6, 6.07) is 6.71. The van der Waals surface area contributed by atoms with Crippen LogP contribution in [0.15, 0.2) is 24.3 Å². The molecule has 0 radical (unpaired) electrons. The van der Waals surface area contributed by atoms with Crippen LogP contribution in [0, 0.1) is 0 Å². The monoisotopic (exact) mass is 262 g/mol. The fourth-order valence-corrected chi connectivity index (χ4v) is 0.942. The molecular weight excluding hydrogens is 234 g/mol. The molecule has 3 heteroatoms. The van der Waals surface area contributed by atoms with E-state index in [0.29, 0.717) is 0 Å². The molecule has 0 aliphatic heterocycles. The third kappa shape index (κ3) is 12.9. The topological polar surface area (TPSA) is 9.23 Å². The van der Waals surface area contributed by atoms with Crippen LogP contribution in [0.25, 0.3) is 0 Å². The van der Waals surface area contributed by atoms with Gasteiger partial charge in [0.05, 0.1) is 0 Å². The second-order valence-corrected chi connectivity index (χ2v) is 2.38. The Bertz CT molecular complexity index is 250. The molecule has 0 aliphatic carbocycles. The van der Waals surface area contributed by atoms with E-state index in [4.69, 9.17) is 0 Å². The first kappa shape index (κ1) is 22.1. The van der Waals surface area contributed by atoms with Crippen LogP contribution < -0.4 is 4.74 Å². The largest absolute Gasteiger partial charge is 0.435 e. The maximum atomic E-state index is 11.7. The van der Waals surface area contributed by atoms with Gasteiger partial charge in [0.2, 0.25) is 0 Å². The van der Waals surface area contributed by atoms with Gasteiger partial charge in [-0.05, 0) is 24.1 Å². The van der Waals surface area contributed by atoms with Crippen LogP contribution in [0.4, 0.5) is 8.78 Å². The minimum Gasteiger partial charge on any atom is -0.435 e. The van der Waals surface area contributed by atoms with Gasteiger partial charge in [-0.1, -0.05) is 60.6 Å². The maximum Gasteiger partial charge on any atom is 0.387 e. The molecule has 1 aromatic carbocycles. The molecule has 0 unspecified atom stereocenters. The zero-order valence-corrected chi connectivity index (χ0v) is 12.8. The predicted molar refractivity (Wildman–Crippen MR) is 76.5 cm³/mol. The summed E-state index contributed by atoms with van der Waals surface area (Å²) in [6.45, 7) is 11.2. The summed E-state index contributed by atoms with van der Waals surface area (Å²) in [5.41, 5.74) is 0.994. The van der Waals surface area contributed by atoms with E-state index in [0.717, 1.165) is 12.0 Å². The van der Waals surface area contributed by atoms with Crippen molar-refractivity contribution in [1.82, 2.24) is 0 Å². The summed E-state index contributed by atoms with van der Waals surface area (Å²) >= 11 is 0. The van der Waals surface area contributed by atoms with Crippen LogP contribution >= 0.6 is 0 Å². The molecule has 0 N–H and O–H groups in total. The molecule has 0 fully saturated rings. The summed E-state index contributed by atoms with van der Waals surface area (Å²) < 4.78 is 27.7. The van der Waals surface area contributed by atoms with E-state index in [1.54, 1.807) is 12.1 Å². The van der Waals surface area contributed by atoms with E-state index in [1.807, 2.05) is 54.5 Å². The molecule has 108 valence electrons. The van der Waals surface area contributed by atoms with Crippen molar-refractivity contribution in [2.75, 3.05) is 0 Å². The molecule has 0 aromatic heterocycles. The Morgan fingerprint density at radius 1 is 1.00 bits per heavy atom. The van der Waals surface area contributed by atoms with Crippen LogP contribution in [-0.4, -0.2) is 6.61 Å². The molecular formula is C15H28F2O. The first-order chi connectivity index (χ1) is 8.72. The highest BCUT2D eigenvalue weighted by Crippen LogP contribution is 2.15. The molecule has 0 saturated carbocycles. The van der Waals surface area contributed by atoms with E-state index >= 15 is 0 Å².